The summed E-state index contributed by atoms with van der Waals surface area (Å²) in [5, 5.41) is 8.55. The zero-order valence-corrected chi connectivity index (χ0v) is 10.2. The van der Waals surface area contributed by atoms with Gasteiger partial charge in [0.05, 0.1) is 6.42 Å². The molecule has 1 aliphatic rings. The van der Waals surface area contributed by atoms with Gasteiger partial charge in [0, 0.05) is 27.1 Å². The number of rotatable bonds is 4. The molecule has 1 heterocycles. The van der Waals surface area contributed by atoms with E-state index in [1.807, 2.05) is 0 Å². The molecular weight excluding hydrogens is 224 g/mol. The number of carbonyl (C=O) groups excluding carboxylic acids is 2. The van der Waals surface area contributed by atoms with Crippen molar-refractivity contribution in [3.8, 4) is 0 Å². The van der Waals surface area contributed by atoms with Gasteiger partial charge in [-0.25, -0.2) is 0 Å². The molecule has 0 saturated carbocycles. The van der Waals surface area contributed by atoms with Crippen LogP contribution >= 0.6 is 0 Å². The van der Waals surface area contributed by atoms with Crippen molar-refractivity contribution >= 4 is 17.8 Å². The van der Waals surface area contributed by atoms with Gasteiger partial charge in [-0.3, -0.25) is 14.4 Å². The number of carboxylic acids is 1. The van der Waals surface area contributed by atoms with Crippen molar-refractivity contribution in [2.45, 2.75) is 32.2 Å². The first-order valence-corrected chi connectivity index (χ1v) is 5.67. The van der Waals surface area contributed by atoms with Gasteiger partial charge in [-0.05, 0) is 12.8 Å². The quantitative estimate of drug-likeness (QED) is 0.748. The molecule has 1 rings (SSSR count). The highest BCUT2D eigenvalue weighted by Crippen LogP contribution is 2.19. The van der Waals surface area contributed by atoms with Gasteiger partial charge in [-0.15, -0.1) is 0 Å². The SMILES string of the molecule is CC(=O)N1CCC[C@H]1C(=O)N(C)CCC(=O)O. The van der Waals surface area contributed by atoms with Crippen LogP contribution in [0.25, 0.3) is 0 Å². The molecule has 6 heteroatoms. The van der Waals surface area contributed by atoms with Gasteiger partial charge in [0.25, 0.3) is 0 Å². The number of aliphatic carboxylic acids is 1. The normalized spacial score (nSPS) is 19.2. The highest BCUT2D eigenvalue weighted by molar-refractivity contribution is 5.87. The monoisotopic (exact) mass is 242 g/mol. The molecule has 0 radical (unpaired) electrons. The molecule has 96 valence electrons. The predicted octanol–water partition coefficient (Wildman–Crippen LogP) is -0.0696. The van der Waals surface area contributed by atoms with Crippen molar-refractivity contribution in [2.24, 2.45) is 0 Å². The van der Waals surface area contributed by atoms with Crippen molar-refractivity contribution in [3.63, 3.8) is 0 Å². The second-order valence-electron chi connectivity index (χ2n) is 4.27. The summed E-state index contributed by atoms with van der Waals surface area (Å²) in [5.41, 5.74) is 0. The number of carbonyl (C=O) groups is 3. The molecule has 1 saturated heterocycles. The Balaban J connectivity index is 2.56. The Morgan fingerprint density at radius 3 is 2.59 bits per heavy atom. The molecule has 1 N–H and O–H groups in total. The van der Waals surface area contributed by atoms with Crippen LogP contribution in [0, 0.1) is 0 Å². The standard InChI is InChI=1S/C11H18N2O4/c1-8(14)13-6-3-4-9(13)11(17)12(2)7-5-10(15)16/h9H,3-7H2,1-2H3,(H,15,16)/t9-/m0/s1. The lowest BCUT2D eigenvalue weighted by Crippen LogP contribution is -2.46. The van der Waals surface area contributed by atoms with Crippen molar-refractivity contribution in [2.75, 3.05) is 20.1 Å². The lowest BCUT2D eigenvalue weighted by molar-refractivity contribution is -0.143. The Hall–Kier alpha value is -1.59. The van der Waals surface area contributed by atoms with Crippen LogP contribution in [0.4, 0.5) is 0 Å². The number of hydrogen-bond acceptors (Lipinski definition) is 3. The van der Waals surface area contributed by atoms with E-state index in [1.165, 1.54) is 11.8 Å². The maximum Gasteiger partial charge on any atom is 0.305 e. The molecule has 0 bridgehead atoms. The van der Waals surface area contributed by atoms with E-state index in [-0.39, 0.29) is 24.8 Å². The third-order valence-electron chi connectivity index (χ3n) is 2.98. The van der Waals surface area contributed by atoms with Crippen LogP contribution in [0.3, 0.4) is 0 Å². The third-order valence-corrected chi connectivity index (χ3v) is 2.98. The first-order valence-electron chi connectivity index (χ1n) is 5.67. The second kappa shape index (κ2) is 5.65. The van der Waals surface area contributed by atoms with Crippen molar-refractivity contribution in [1.29, 1.82) is 0 Å². The molecule has 1 atom stereocenters. The number of likely N-dealkylation sites (tertiary alicyclic amines) is 1. The van der Waals surface area contributed by atoms with Crippen LogP contribution in [0.5, 0.6) is 0 Å². The summed E-state index contributed by atoms with van der Waals surface area (Å²) in [5.74, 6) is -1.20. The van der Waals surface area contributed by atoms with E-state index in [1.54, 1.807) is 11.9 Å². The van der Waals surface area contributed by atoms with E-state index in [0.717, 1.165) is 6.42 Å². The summed E-state index contributed by atoms with van der Waals surface area (Å²) < 4.78 is 0. The van der Waals surface area contributed by atoms with E-state index in [2.05, 4.69) is 0 Å². The fourth-order valence-corrected chi connectivity index (χ4v) is 2.03. The van der Waals surface area contributed by atoms with Gasteiger partial charge in [-0.1, -0.05) is 0 Å². The van der Waals surface area contributed by atoms with Crippen molar-refractivity contribution in [1.82, 2.24) is 9.80 Å². The summed E-state index contributed by atoms with van der Waals surface area (Å²) >= 11 is 0. The molecule has 17 heavy (non-hydrogen) atoms. The lowest BCUT2D eigenvalue weighted by Gasteiger charge is -2.26. The van der Waals surface area contributed by atoms with Crippen LogP contribution in [0.15, 0.2) is 0 Å². The minimum atomic E-state index is -0.931. The highest BCUT2D eigenvalue weighted by Gasteiger charge is 2.33. The van der Waals surface area contributed by atoms with E-state index < -0.39 is 12.0 Å². The second-order valence-corrected chi connectivity index (χ2v) is 4.27. The molecular formula is C11H18N2O4. The van der Waals surface area contributed by atoms with Crippen LogP contribution < -0.4 is 0 Å². The number of hydrogen-bond donors (Lipinski definition) is 1. The molecule has 0 aliphatic carbocycles. The molecule has 0 spiro atoms. The Bertz CT molecular complexity index is 329. The van der Waals surface area contributed by atoms with Gasteiger partial charge < -0.3 is 14.9 Å². The summed E-state index contributed by atoms with van der Waals surface area (Å²) in [6.07, 6.45) is 1.41. The van der Waals surface area contributed by atoms with Gasteiger partial charge >= 0.3 is 5.97 Å². The molecule has 0 unspecified atom stereocenters. The number of likely N-dealkylation sites (N-methyl/N-ethyl adjacent to an activating group) is 1. The Kier molecular flexibility index (Phi) is 4.48. The van der Waals surface area contributed by atoms with Crippen LogP contribution in [0.2, 0.25) is 0 Å². The zero-order valence-electron chi connectivity index (χ0n) is 10.2. The number of nitrogens with zero attached hydrogens (tertiary/aromatic N) is 2. The number of carboxylic acid groups (broad SMARTS) is 1. The summed E-state index contributed by atoms with van der Waals surface area (Å²) in [7, 11) is 1.57. The average molecular weight is 242 g/mol. The van der Waals surface area contributed by atoms with Gasteiger partial charge in [0.1, 0.15) is 6.04 Å². The third kappa shape index (κ3) is 3.44. The lowest BCUT2D eigenvalue weighted by atomic mass is 10.2. The van der Waals surface area contributed by atoms with Crippen LogP contribution in [-0.4, -0.2) is 58.9 Å². The van der Waals surface area contributed by atoms with Crippen LogP contribution in [-0.2, 0) is 14.4 Å². The Morgan fingerprint density at radius 1 is 1.41 bits per heavy atom. The fraction of sp³-hybridized carbons (Fsp3) is 0.727. The molecule has 0 aromatic heterocycles. The topological polar surface area (TPSA) is 77.9 Å². The summed E-state index contributed by atoms with van der Waals surface area (Å²) in [4.78, 5) is 36.7. The zero-order chi connectivity index (χ0) is 13.0. The fourth-order valence-electron chi connectivity index (χ4n) is 2.03. The van der Waals surface area contributed by atoms with Gasteiger partial charge in [0.2, 0.25) is 11.8 Å². The molecule has 2 amide bonds. The maximum atomic E-state index is 12.0. The Labute approximate surface area is 100 Å². The van der Waals surface area contributed by atoms with Gasteiger partial charge in [-0.2, -0.15) is 0 Å². The van der Waals surface area contributed by atoms with Crippen molar-refractivity contribution < 1.29 is 19.5 Å². The minimum Gasteiger partial charge on any atom is -0.481 e. The molecule has 1 aliphatic heterocycles. The molecule has 1 fully saturated rings. The average Bonchev–Trinajstić information content (AvgIpc) is 2.73. The predicted molar refractivity (Wildman–Crippen MR) is 60.3 cm³/mol. The Morgan fingerprint density at radius 2 is 2.06 bits per heavy atom. The first-order chi connectivity index (χ1) is 7.93. The summed E-state index contributed by atoms with van der Waals surface area (Å²) in [6.45, 7) is 2.23. The van der Waals surface area contributed by atoms with Crippen molar-refractivity contribution in [3.05, 3.63) is 0 Å². The molecule has 0 aromatic rings. The largest absolute Gasteiger partial charge is 0.481 e. The highest BCUT2D eigenvalue weighted by atomic mass is 16.4. The first kappa shape index (κ1) is 13.5. The minimum absolute atomic E-state index is 0.0744. The van der Waals surface area contributed by atoms with E-state index in [4.69, 9.17) is 5.11 Å². The van der Waals surface area contributed by atoms with Gasteiger partial charge in [0.15, 0.2) is 0 Å². The maximum absolute atomic E-state index is 12.0. The molecule has 6 nitrogen and oxygen atoms in total. The van der Waals surface area contributed by atoms with E-state index in [0.29, 0.717) is 13.0 Å². The van der Waals surface area contributed by atoms with Crippen LogP contribution in [0.1, 0.15) is 26.2 Å². The smallest absolute Gasteiger partial charge is 0.305 e. The number of amides is 2. The van der Waals surface area contributed by atoms with E-state index >= 15 is 0 Å². The van der Waals surface area contributed by atoms with E-state index in [9.17, 15) is 14.4 Å². The molecule has 0 aromatic carbocycles. The summed E-state index contributed by atoms with van der Waals surface area (Å²) in [6, 6.07) is -0.411.